The first kappa shape index (κ1) is 12.4. The van der Waals surface area contributed by atoms with Gasteiger partial charge in [-0.2, -0.15) is 0 Å². The van der Waals surface area contributed by atoms with Crippen molar-refractivity contribution in [2.45, 2.75) is 45.6 Å². The molecule has 4 nitrogen and oxygen atoms in total. The second-order valence-electron chi connectivity index (χ2n) is 4.99. The van der Waals surface area contributed by atoms with Crippen molar-refractivity contribution in [1.29, 1.82) is 0 Å². The number of carbonyl (C=O) groups is 1. The zero-order valence-electron chi connectivity index (χ0n) is 10.1. The molecule has 1 unspecified atom stereocenters. The third kappa shape index (κ3) is 2.32. The Balaban J connectivity index is 2.42. The van der Waals surface area contributed by atoms with E-state index in [9.17, 15) is 9.90 Å². The van der Waals surface area contributed by atoms with Crippen LogP contribution >= 0.6 is 11.6 Å². The maximum Gasteiger partial charge on any atom is 0.312 e. The maximum atomic E-state index is 11.2. The highest BCUT2D eigenvalue weighted by Gasteiger charge is 2.31. The number of hydrogen-bond donors (Lipinski definition) is 1. The molecule has 2 rings (SSSR count). The Morgan fingerprint density at radius 1 is 1.65 bits per heavy atom. The summed E-state index contributed by atoms with van der Waals surface area (Å²) >= 11 is 6.09. The summed E-state index contributed by atoms with van der Waals surface area (Å²) in [6.45, 7) is 5.07. The molecular weight excluding hydrogens is 240 g/mol. The maximum absolute atomic E-state index is 11.2. The predicted molar refractivity (Wildman–Crippen MR) is 65.4 cm³/mol. The first-order valence-corrected chi connectivity index (χ1v) is 6.36. The third-order valence-electron chi connectivity index (χ3n) is 3.13. The third-order valence-corrected chi connectivity index (χ3v) is 3.41. The molecule has 1 aromatic rings. The van der Waals surface area contributed by atoms with Gasteiger partial charge in [0.15, 0.2) is 5.15 Å². The summed E-state index contributed by atoms with van der Waals surface area (Å²) in [5.74, 6) is 0.113. The van der Waals surface area contributed by atoms with Crippen molar-refractivity contribution >= 4 is 17.6 Å². The molecule has 0 amide bonds. The number of nitrogens with zero attached hydrogens (tertiary/aromatic N) is 2. The number of fused-ring (bicyclic) bond motifs is 1. The lowest BCUT2D eigenvalue weighted by Gasteiger charge is -2.22. The fourth-order valence-corrected chi connectivity index (χ4v) is 2.75. The number of rotatable bonds is 3. The highest BCUT2D eigenvalue weighted by atomic mass is 35.5. The van der Waals surface area contributed by atoms with Crippen LogP contribution in [0.1, 0.15) is 44.1 Å². The lowest BCUT2D eigenvalue weighted by molar-refractivity contribution is -0.139. The minimum absolute atomic E-state index is 0.368. The lowest BCUT2D eigenvalue weighted by atomic mass is 9.96. The van der Waals surface area contributed by atoms with Gasteiger partial charge in [0.2, 0.25) is 0 Å². The van der Waals surface area contributed by atoms with Gasteiger partial charge in [-0.05, 0) is 18.8 Å². The Morgan fingerprint density at radius 2 is 2.35 bits per heavy atom. The topological polar surface area (TPSA) is 55.1 Å². The van der Waals surface area contributed by atoms with Crippen LogP contribution in [0.3, 0.4) is 0 Å². The number of aromatic nitrogens is 2. The molecule has 5 heteroatoms. The molecule has 1 aliphatic heterocycles. The molecule has 0 radical (unpaired) electrons. The van der Waals surface area contributed by atoms with Crippen molar-refractivity contribution < 1.29 is 9.90 Å². The van der Waals surface area contributed by atoms with E-state index in [-0.39, 0.29) is 0 Å². The van der Waals surface area contributed by atoms with E-state index < -0.39 is 11.9 Å². The number of carboxylic acid groups (broad SMARTS) is 1. The van der Waals surface area contributed by atoms with E-state index in [0.29, 0.717) is 23.2 Å². The van der Waals surface area contributed by atoms with Gasteiger partial charge in [0, 0.05) is 13.0 Å². The summed E-state index contributed by atoms with van der Waals surface area (Å²) < 4.78 is 2.00. The first-order valence-electron chi connectivity index (χ1n) is 5.98. The predicted octanol–water partition coefficient (Wildman–Crippen LogP) is 2.70. The van der Waals surface area contributed by atoms with E-state index in [1.54, 1.807) is 0 Å². The SMILES string of the molecule is CC(C)Cc1nc(Cl)c2n1CCCC2C(=O)O. The highest BCUT2D eigenvalue weighted by Crippen LogP contribution is 2.34. The number of hydrogen-bond acceptors (Lipinski definition) is 2. The van der Waals surface area contributed by atoms with E-state index >= 15 is 0 Å². The largest absolute Gasteiger partial charge is 0.481 e. The molecule has 1 aromatic heterocycles. The second kappa shape index (κ2) is 4.69. The van der Waals surface area contributed by atoms with Crippen molar-refractivity contribution in [3.8, 4) is 0 Å². The standard InChI is InChI=1S/C12H17ClN2O2/c1-7(2)6-9-14-11(13)10-8(12(16)17)4-3-5-15(9)10/h7-8H,3-6H2,1-2H3,(H,16,17). The molecule has 94 valence electrons. The monoisotopic (exact) mass is 256 g/mol. The van der Waals surface area contributed by atoms with E-state index in [1.165, 1.54) is 0 Å². The van der Waals surface area contributed by atoms with Crippen molar-refractivity contribution in [3.05, 3.63) is 16.7 Å². The molecule has 0 aromatic carbocycles. The Morgan fingerprint density at radius 3 is 2.94 bits per heavy atom. The van der Waals surface area contributed by atoms with Crippen LogP contribution in [-0.2, 0) is 17.8 Å². The van der Waals surface area contributed by atoms with Crippen LogP contribution in [0.4, 0.5) is 0 Å². The summed E-state index contributed by atoms with van der Waals surface area (Å²) in [7, 11) is 0. The Kier molecular flexibility index (Phi) is 3.43. The molecule has 0 saturated carbocycles. The Hall–Kier alpha value is -1.03. The Bertz CT molecular complexity index is 440. The summed E-state index contributed by atoms with van der Waals surface area (Å²) in [4.78, 5) is 15.5. The van der Waals surface area contributed by atoms with Crippen LogP contribution in [0, 0.1) is 5.92 Å². The van der Waals surface area contributed by atoms with Gasteiger partial charge in [0.05, 0.1) is 5.69 Å². The molecule has 0 bridgehead atoms. The van der Waals surface area contributed by atoms with Gasteiger partial charge in [0.1, 0.15) is 11.7 Å². The van der Waals surface area contributed by atoms with Crippen molar-refractivity contribution in [2.75, 3.05) is 0 Å². The molecule has 17 heavy (non-hydrogen) atoms. The van der Waals surface area contributed by atoms with Crippen molar-refractivity contribution in [1.82, 2.24) is 9.55 Å². The summed E-state index contributed by atoms with van der Waals surface area (Å²) in [6.07, 6.45) is 2.37. The lowest BCUT2D eigenvalue weighted by Crippen LogP contribution is -2.23. The molecule has 1 atom stereocenters. The van der Waals surface area contributed by atoms with Gasteiger partial charge in [-0.15, -0.1) is 0 Å². The van der Waals surface area contributed by atoms with Crippen LogP contribution in [-0.4, -0.2) is 20.6 Å². The zero-order chi connectivity index (χ0) is 12.6. The molecule has 2 heterocycles. The quantitative estimate of drug-likeness (QED) is 0.905. The smallest absolute Gasteiger partial charge is 0.312 e. The van der Waals surface area contributed by atoms with Gasteiger partial charge < -0.3 is 9.67 Å². The average Bonchev–Trinajstić information content (AvgIpc) is 2.55. The summed E-state index contributed by atoms with van der Waals surface area (Å²) in [5, 5.41) is 9.57. The fraction of sp³-hybridized carbons (Fsp3) is 0.667. The average molecular weight is 257 g/mol. The van der Waals surface area contributed by atoms with Crippen molar-refractivity contribution in [3.63, 3.8) is 0 Å². The van der Waals surface area contributed by atoms with E-state index in [0.717, 1.165) is 25.2 Å². The number of halogens is 1. The van der Waals surface area contributed by atoms with E-state index in [1.807, 2.05) is 4.57 Å². The molecule has 0 aliphatic carbocycles. The Labute approximate surface area is 106 Å². The highest BCUT2D eigenvalue weighted by molar-refractivity contribution is 6.30. The van der Waals surface area contributed by atoms with E-state index in [4.69, 9.17) is 11.6 Å². The zero-order valence-corrected chi connectivity index (χ0v) is 10.9. The molecule has 0 spiro atoms. The van der Waals surface area contributed by atoms with Crippen LogP contribution in [0.2, 0.25) is 5.15 Å². The fourth-order valence-electron chi connectivity index (χ4n) is 2.41. The number of aliphatic carboxylic acids is 1. The normalized spacial score (nSPS) is 19.4. The van der Waals surface area contributed by atoms with Gasteiger partial charge in [-0.3, -0.25) is 4.79 Å². The van der Waals surface area contributed by atoms with Crippen LogP contribution in [0.15, 0.2) is 0 Å². The van der Waals surface area contributed by atoms with Gasteiger partial charge >= 0.3 is 5.97 Å². The molecular formula is C12H17ClN2O2. The molecule has 0 saturated heterocycles. The number of carboxylic acids is 1. The molecule has 1 N–H and O–H groups in total. The summed E-state index contributed by atoms with van der Waals surface area (Å²) in [6, 6.07) is 0. The number of imidazole rings is 1. The minimum atomic E-state index is -0.802. The van der Waals surface area contributed by atoms with Gasteiger partial charge in [-0.25, -0.2) is 4.98 Å². The minimum Gasteiger partial charge on any atom is -0.481 e. The van der Waals surface area contributed by atoms with Crippen LogP contribution in [0.5, 0.6) is 0 Å². The van der Waals surface area contributed by atoms with Crippen LogP contribution in [0.25, 0.3) is 0 Å². The van der Waals surface area contributed by atoms with Crippen molar-refractivity contribution in [2.24, 2.45) is 5.92 Å². The summed E-state index contributed by atoms with van der Waals surface area (Å²) in [5.41, 5.74) is 0.695. The van der Waals surface area contributed by atoms with Gasteiger partial charge in [0.25, 0.3) is 0 Å². The van der Waals surface area contributed by atoms with E-state index in [2.05, 4.69) is 18.8 Å². The molecule has 1 aliphatic rings. The molecule has 0 fully saturated rings. The van der Waals surface area contributed by atoms with Gasteiger partial charge in [-0.1, -0.05) is 25.4 Å². The first-order chi connectivity index (χ1) is 8.00. The van der Waals surface area contributed by atoms with Crippen LogP contribution < -0.4 is 0 Å². The second-order valence-corrected chi connectivity index (χ2v) is 5.34.